The lowest BCUT2D eigenvalue weighted by Crippen LogP contribution is -2.25. The Labute approximate surface area is 156 Å². The number of hydrogen-bond acceptors (Lipinski definition) is 1. The van der Waals surface area contributed by atoms with Crippen LogP contribution in [0.25, 0.3) is 0 Å². The van der Waals surface area contributed by atoms with Crippen molar-refractivity contribution in [2.24, 2.45) is 23.7 Å². The van der Waals surface area contributed by atoms with E-state index in [2.05, 4.69) is 6.92 Å². The highest BCUT2D eigenvalue weighted by atomic mass is 16.4. The van der Waals surface area contributed by atoms with Crippen LogP contribution >= 0.6 is 0 Å². The largest absolute Gasteiger partial charge is 0.481 e. The standard InChI is InChI=1S/C23H42O2/c1-2-3-5-8-19-11-15-21(16-12-19)22-17-13-20(14-18-22)9-6-4-7-10-23(24)25/h19-22H,2-18H2,1H3,(H,24,25)/t19-,20-,21-,22-. The van der Waals surface area contributed by atoms with Gasteiger partial charge < -0.3 is 5.11 Å². The second-order valence-electron chi connectivity index (χ2n) is 9.05. The van der Waals surface area contributed by atoms with Crippen molar-refractivity contribution in [2.75, 3.05) is 0 Å². The molecule has 0 spiro atoms. The maximum absolute atomic E-state index is 10.5. The third-order valence-electron chi connectivity index (χ3n) is 7.17. The van der Waals surface area contributed by atoms with Crippen LogP contribution in [-0.2, 0) is 4.79 Å². The normalized spacial score (nSPS) is 30.3. The smallest absolute Gasteiger partial charge is 0.303 e. The molecule has 0 aromatic heterocycles. The van der Waals surface area contributed by atoms with Crippen molar-refractivity contribution in [1.29, 1.82) is 0 Å². The fourth-order valence-corrected chi connectivity index (χ4v) is 5.47. The van der Waals surface area contributed by atoms with Crippen LogP contribution in [0.15, 0.2) is 0 Å². The van der Waals surface area contributed by atoms with Gasteiger partial charge in [0.2, 0.25) is 0 Å². The van der Waals surface area contributed by atoms with Gasteiger partial charge in [0.05, 0.1) is 0 Å². The highest BCUT2D eigenvalue weighted by Gasteiger charge is 2.30. The lowest BCUT2D eigenvalue weighted by atomic mass is 9.68. The summed E-state index contributed by atoms with van der Waals surface area (Å²) >= 11 is 0. The van der Waals surface area contributed by atoms with Crippen molar-refractivity contribution < 1.29 is 9.90 Å². The molecule has 0 bridgehead atoms. The van der Waals surface area contributed by atoms with Gasteiger partial charge in [0, 0.05) is 6.42 Å². The van der Waals surface area contributed by atoms with Crippen LogP contribution in [0.1, 0.15) is 116 Å². The number of carboxylic acids is 1. The van der Waals surface area contributed by atoms with E-state index in [9.17, 15) is 4.79 Å². The maximum Gasteiger partial charge on any atom is 0.303 e. The Bertz CT molecular complexity index is 349. The molecule has 0 aromatic rings. The van der Waals surface area contributed by atoms with Gasteiger partial charge in [0.1, 0.15) is 0 Å². The van der Waals surface area contributed by atoms with E-state index in [0.717, 1.165) is 36.5 Å². The van der Waals surface area contributed by atoms with Crippen LogP contribution < -0.4 is 0 Å². The van der Waals surface area contributed by atoms with Crippen molar-refractivity contribution in [3.8, 4) is 0 Å². The molecule has 2 nitrogen and oxygen atoms in total. The summed E-state index contributed by atoms with van der Waals surface area (Å²) < 4.78 is 0. The first-order chi connectivity index (χ1) is 12.2. The summed E-state index contributed by atoms with van der Waals surface area (Å²) in [6, 6.07) is 0. The van der Waals surface area contributed by atoms with E-state index in [1.165, 1.54) is 89.9 Å². The van der Waals surface area contributed by atoms with Gasteiger partial charge in [0.15, 0.2) is 0 Å². The number of carboxylic acid groups (broad SMARTS) is 1. The van der Waals surface area contributed by atoms with E-state index in [0.29, 0.717) is 6.42 Å². The molecule has 1 N–H and O–H groups in total. The zero-order valence-corrected chi connectivity index (χ0v) is 16.7. The molecule has 25 heavy (non-hydrogen) atoms. The molecule has 0 aliphatic heterocycles. The highest BCUT2D eigenvalue weighted by Crippen LogP contribution is 2.43. The van der Waals surface area contributed by atoms with Gasteiger partial charge >= 0.3 is 5.97 Å². The minimum absolute atomic E-state index is 0.355. The zero-order chi connectivity index (χ0) is 17.9. The second-order valence-corrected chi connectivity index (χ2v) is 9.05. The Kier molecular flexibility index (Phi) is 9.94. The van der Waals surface area contributed by atoms with E-state index in [1.54, 1.807) is 0 Å². The monoisotopic (exact) mass is 350 g/mol. The third-order valence-corrected chi connectivity index (χ3v) is 7.17. The van der Waals surface area contributed by atoms with Gasteiger partial charge in [-0.2, -0.15) is 0 Å². The second kappa shape index (κ2) is 12.0. The average Bonchev–Trinajstić information content (AvgIpc) is 2.63. The van der Waals surface area contributed by atoms with Gasteiger partial charge in [-0.3, -0.25) is 4.79 Å². The van der Waals surface area contributed by atoms with Crippen molar-refractivity contribution >= 4 is 5.97 Å². The first kappa shape index (κ1) is 20.8. The minimum atomic E-state index is -0.638. The number of unbranched alkanes of at least 4 members (excludes halogenated alkanes) is 4. The molecule has 0 aromatic carbocycles. The maximum atomic E-state index is 10.5. The lowest BCUT2D eigenvalue weighted by molar-refractivity contribution is -0.137. The predicted octanol–water partition coefficient (Wildman–Crippen LogP) is 7.21. The Hall–Kier alpha value is -0.530. The molecule has 0 atom stereocenters. The molecule has 0 heterocycles. The molecule has 0 amide bonds. The first-order valence-corrected chi connectivity index (χ1v) is 11.4. The molecule has 0 radical (unpaired) electrons. The Balaban J connectivity index is 1.53. The number of aliphatic carboxylic acids is 1. The van der Waals surface area contributed by atoms with Crippen LogP contribution in [-0.4, -0.2) is 11.1 Å². The molecule has 146 valence electrons. The summed E-state index contributed by atoms with van der Waals surface area (Å²) in [6.07, 6.45) is 22.6. The summed E-state index contributed by atoms with van der Waals surface area (Å²) in [5.41, 5.74) is 0. The molecule has 2 rings (SSSR count). The predicted molar refractivity (Wildman–Crippen MR) is 106 cm³/mol. The molecule has 0 saturated heterocycles. The van der Waals surface area contributed by atoms with E-state index in [4.69, 9.17) is 5.11 Å². The van der Waals surface area contributed by atoms with Crippen LogP contribution in [0, 0.1) is 23.7 Å². The molecular weight excluding hydrogens is 308 g/mol. The third kappa shape index (κ3) is 8.13. The zero-order valence-electron chi connectivity index (χ0n) is 16.7. The fourth-order valence-electron chi connectivity index (χ4n) is 5.47. The van der Waals surface area contributed by atoms with Gasteiger partial charge in [-0.1, -0.05) is 77.6 Å². The van der Waals surface area contributed by atoms with Crippen LogP contribution in [0.2, 0.25) is 0 Å². The Morgan fingerprint density at radius 2 is 1.20 bits per heavy atom. The molecule has 2 saturated carbocycles. The molecule has 0 unspecified atom stereocenters. The summed E-state index contributed by atoms with van der Waals surface area (Å²) in [5, 5.41) is 8.68. The van der Waals surface area contributed by atoms with Crippen molar-refractivity contribution in [3.63, 3.8) is 0 Å². The molecule has 2 aliphatic rings. The number of carbonyl (C=O) groups is 1. The van der Waals surface area contributed by atoms with Crippen LogP contribution in [0.3, 0.4) is 0 Å². The summed E-state index contributed by atoms with van der Waals surface area (Å²) in [5.74, 6) is 3.41. The Morgan fingerprint density at radius 1 is 0.720 bits per heavy atom. The SMILES string of the molecule is CCCCC[C@H]1CC[C@H]([C@H]2CC[C@H](CCCCCC(=O)O)CC2)CC1. The van der Waals surface area contributed by atoms with Crippen LogP contribution in [0.5, 0.6) is 0 Å². The average molecular weight is 351 g/mol. The van der Waals surface area contributed by atoms with Gasteiger partial charge in [-0.15, -0.1) is 0 Å². The summed E-state index contributed by atoms with van der Waals surface area (Å²) in [4.78, 5) is 10.5. The van der Waals surface area contributed by atoms with Gasteiger partial charge in [-0.25, -0.2) is 0 Å². The van der Waals surface area contributed by atoms with E-state index < -0.39 is 5.97 Å². The van der Waals surface area contributed by atoms with E-state index in [1.807, 2.05) is 0 Å². The summed E-state index contributed by atoms with van der Waals surface area (Å²) in [6.45, 7) is 2.31. The van der Waals surface area contributed by atoms with Crippen LogP contribution in [0.4, 0.5) is 0 Å². The summed E-state index contributed by atoms with van der Waals surface area (Å²) in [7, 11) is 0. The van der Waals surface area contributed by atoms with Crippen molar-refractivity contribution in [2.45, 2.75) is 116 Å². The van der Waals surface area contributed by atoms with Crippen molar-refractivity contribution in [3.05, 3.63) is 0 Å². The molecule has 2 aliphatic carbocycles. The quantitative estimate of drug-likeness (QED) is 0.399. The lowest BCUT2D eigenvalue weighted by Gasteiger charge is -2.38. The first-order valence-electron chi connectivity index (χ1n) is 11.4. The van der Waals surface area contributed by atoms with Gasteiger partial charge in [0.25, 0.3) is 0 Å². The molecule has 2 fully saturated rings. The topological polar surface area (TPSA) is 37.3 Å². The minimum Gasteiger partial charge on any atom is -0.481 e. The fraction of sp³-hybridized carbons (Fsp3) is 0.957. The Morgan fingerprint density at radius 3 is 1.64 bits per heavy atom. The van der Waals surface area contributed by atoms with Crippen molar-refractivity contribution in [1.82, 2.24) is 0 Å². The molecular formula is C23H42O2. The number of rotatable bonds is 11. The highest BCUT2D eigenvalue weighted by molar-refractivity contribution is 5.66. The molecule has 2 heteroatoms. The number of hydrogen-bond donors (Lipinski definition) is 1. The van der Waals surface area contributed by atoms with E-state index in [-0.39, 0.29) is 0 Å². The van der Waals surface area contributed by atoms with E-state index >= 15 is 0 Å². The van der Waals surface area contributed by atoms with Gasteiger partial charge in [-0.05, 0) is 55.8 Å².